The van der Waals surface area contributed by atoms with Gasteiger partial charge in [0.25, 0.3) is 0 Å². The van der Waals surface area contributed by atoms with Gasteiger partial charge in [0.05, 0.1) is 23.1 Å². The Bertz CT molecular complexity index is 823. The predicted octanol–water partition coefficient (Wildman–Crippen LogP) is 3.14. The molecule has 0 saturated carbocycles. The number of benzene rings is 2. The second-order valence-corrected chi connectivity index (χ2v) is 6.33. The monoisotopic (exact) mass is 318 g/mol. The first-order valence-electron chi connectivity index (χ1n) is 8.46. The number of hydrogen-bond acceptors (Lipinski definition) is 4. The molecule has 1 aliphatic heterocycles. The minimum Gasteiger partial charge on any atom is -0.396 e. The van der Waals surface area contributed by atoms with E-state index in [0.29, 0.717) is 0 Å². The number of anilines is 2. The Morgan fingerprint density at radius 1 is 0.875 bits per heavy atom. The van der Waals surface area contributed by atoms with Crippen molar-refractivity contribution in [3.05, 3.63) is 66.4 Å². The van der Waals surface area contributed by atoms with Crippen LogP contribution in [0.4, 0.5) is 11.4 Å². The summed E-state index contributed by atoms with van der Waals surface area (Å²) in [5, 5.41) is 1.15. The van der Waals surface area contributed by atoms with E-state index in [1.807, 2.05) is 12.1 Å². The van der Waals surface area contributed by atoms with Crippen molar-refractivity contribution in [2.45, 2.75) is 6.54 Å². The normalized spacial score (nSPS) is 15.8. The Hall–Kier alpha value is -2.59. The van der Waals surface area contributed by atoms with Crippen LogP contribution in [0.2, 0.25) is 0 Å². The Balaban J connectivity index is 1.51. The summed E-state index contributed by atoms with van der Waals surface area (Å²) in [5.41, 5.74) is 10.5. The van der Waals surface area contributed by atoms with Crippen LogP contribution in [-0.2, 0) is 6.54 Å². The van der Waals surface area contributed by atoms with Crippen molar-refractivity contribution in [3.63, 3.8) is 0 Å². The SMILES string of the molecule is Nc1cnc2ccccc2c1N1CCN(Cc2ccccc2)CC1. The van der Waals surface area contributed by atoms with E-state index in [9.17, 15) is 0 Å². The average molecular weight is 318 g/mol. The molecule has 2 aromatic carbocycles. The molecule has 4 heteroatoms. The highest BCUT2D eigenvalue weighted by Gasteiger charge is 2.20. The van der Waals surface area contributed by atoms with Crippen LogP contribution >= 0.6 is 0 Å². The number of piperazine rings is 1. The smallest absolute Gasteiger partial charge is 0.0745 e. The molecule has 0 unspecified atom stereocenters. The fraction of sp³-hybridized carbons (Fsp3) is 0.250. The van der Waals surface area contributed by atoms with Gasteiger partial charge < -0.3 is 10.6 Å². The summed E-state index contributed by atoms with van der Waals surface area (Å²) in [6.45, 7) is 5.09. The Morgan fingerprint density at radius 3 is 2.38 bits per heavy atom. The molecule has 0 amide bonds. The molecule has 1 aromatic heterocycles. The molecular formula is C20H22N4. The molecular weight excluding hydrogens is 296 g/mol. The molecule has 3 aromatic rings. The quantitative estimate of drug-likeness (QED) is 0.806. The second kappa shape index (κ2) is 6.49. The van der Waals surface area contributed by atoms with Gasteiger partial charge in [0, 0.05) is 38.1 Å². The molecule has 1 saturated heterocycles. The van der Waals surface area contributed by atoms with Crippen LogP contribution < -0.4 is 10.6 Å². The molecule has 0 radical (unpaired) electrons. The minimum atomic E-state index is 0.769. The number of pyridine rings is 1. The number of fused-ring (bicyclic) bond motifs is 1. The zero-order chi connectivity index (χ0) is 16.4. The standard InChI is InChI=1S/C20H22N4/c21-18-14-22-19-9-5-4-8-17(19)20(18)24-12-10-23(11-13-24)15-16-6-2-1-3-7-16/h1-9,14H,10-13,15,21H2. The first-order chi connectivity index (χ1) is 11.8. The fourth-order valence-electron chi connectivity index (χ4n) is 3.47. The van der Waals surface area contributed by atoms with Gasteiger partial charge in [0.1, 0.15) is 0 Å². The van der Waals surface area contributed by atoms with Crippen molar-refractivity contribution >= 4 is 22.3 Å². The molecule has 0 bridgehead atoms. The number of nitrogens with two attached hydrogens (primary N) is 1. The van der Waals surface area contributed by atoms with Gasteiger partial charge in [-0.15, -0.1) is 0 Å². The second-order valence-electron chi connectivity index (χ2n) is 6.33. The van der Waals surface area contributed by atoms with E-state index in [2.05, 4.69) is 57.2 Å². The summed E-state index contributed by atoms with van der Waals surface area (Å²) in [7, 11) is 0. The van der Waals surface area contributed by atoms with Crippen molar-refractivity contribution in [2.24, 2.45) is 0 Å². The number of nitrogen functional groups attached to an aromatic ring is 1. The molecule has 2 N–H and O–H groups in total. The molecule has 2 heterocycles. The minimum absolute atomic E-state index is 0.769. The van der Waals surface area contributed by atoms with E-state index < -0.39 is 0 Å². The molecule has 0 spiro atoms. The van der Waals surface area contributed by atoms with Gasteiger partial charge in [0.2, 0.25) is 0 Å². The summed E-state index contributed by atoms with van der Waals surface area (Å²) in [5.74, 6) is 0. The van der Waals surface area contributed by atoms with Crippen LogP contribution in [0.25, 0.3) is 10.9 Å². The highest BCUT2D eigenvalue weighted by atomic mass is 15.3. The van der Waals surface area contributed by atoms with Crippen molar-refractivity contribution in [1.29, 1.82) is 0 Å². The first-order valence-corrected chi connectivity index (χ1v) is 8.46. The molecule has 1 aliphatic rings. The van der Waals surface area contributed by atoms with Crippen LogP contribution in [0.15, 0.2) is 60.8 Å². The van der Waals surface area contributed by atoms with Gasteiger partial charge in [-0.25, -0.2) is 0 Å². The van der Waals surface area contributed by atoms with E-state index in [4.69, 9.17) is 5.73 Å². The third-order valence-corrected chi connectivity index (χ3v) is 4.71. The number of rotatable bonds is 3. The molecule has 1 fully saturated rings. The van der Waals surface area contributed by atoms with E-state index in [-0.39, 0.29) is 0 Å². The Labute approximate surface area is 142 Å². The van der Waals surface area contributed by atoms with Crippen LogP contribution in [0, 0.1) is 0 Å². The highest BCUT2D eigenvalue weighted by molar-refractivity contribution is 5.97. The summed E-state index contributed by atoms with van der Waals surface area (Å²) in [6.07, 6.45) is 1.79. The zero-order valence-electron chi connectivity index (χ0n) is 13.7. The fourth-order valence-corrected chi connectivity index (χ4v) is 3.47. The van der Waals surface area contributed by atoms with Crippen molar-refractivity contribution in [3.8, 4) is 0 Å². The molecule has 0 atom stereocenters. The molecule has 24 heavy (non-hydrogen) atoms. The Morgan fingerprint density at radius 2 is 1.58 bits per heavy atom. The third-order valence-electron chi connectivity index (χ3n) is 4.71. The van der Waals surface area contributed by atoms with Gasteiger partial charge in [-0.1, -0.05) is 48.5 Å². The maximum Gasteiger partial charge on any atom is 0.0745 e. The lowest BCUT2D eigenvalue weighted by Crippen LogP contribution is -2.46. The lowest BCUT2D eigenvalue weighted by molar-refractivity contribution is 0.250. The predicted molar refractivity (Wildman–Crippen MR) is 100 cm³/mol. The average Bonchev–Trinajstić information content (AvgIpc) is 2.63. The van der Waals surface area contributed by atoms with Crippen LogP contribution in [-0.4, -0.2) is 36.1 Å². The number of nitrogens with zero attached hydrogens (tertiary/aromatic N) is 3. The lowest BCUT2D eigenvalue weighted by Gasteiger charge is -2.37. The number of hydrogen-bond donors (Lipinski definition) is 1. The summed E-state index contributed by atoms with van der Waals surface area (Å²) >= 11 is 0. The van der Waals surface area contributed by atoms with Gasteiger partial charge in [-0.2, -0.15) is 0 Å². The van der Waals surface area contributed by atoms with Crippen LogP contribution in [0.5, 0.6) is 0 Å². The topological polar surface area (TPSA) is 45.4 Å². The summed E-state index contributed by atoms with van der Waals surface area (Å²) in [6, 6.07) is 18.9. The van der Waals surface area contributed by atoms with Gasteiger partial charge in [-0.3, -0.25) is 9.88 Å². The maximum atomic E-state index is 6.26. The molecule has 4 nitrogen and oxygen atoms in total. The van der Waals surface area contributed by atoms with Crippen LogP contribution in [0.3, 0.4) is 0 Å². The zero-order valence-corrected chi connectivity index (χ0v) is 13.7. The number of aromatic nitrogens is 1. The van der Waals surface area contributed by atoms with Crippen molar-refractivity contribution in [2.75, 3.05) is 36.8 Å². The third kappa shape index (κ3) is 2.93. The van der Waals surface area contributed by atoms with Crippen molar-refractivity contribution < 1.29 is 0 Å². The van der Waals surface area contributed by atoms with Gasteiger partial charge in [-0.05, 0) is 11.6 Å². The first kappa shape index (κ1) is 15.0. The molecule has 122 valence electrons. The molecule has 0 aliphatic carbocycles. The van der Waals surface area contributed by atoms with E-state index in [1.54, 1.807) is 6.20 Å². The molecule has 4 rings (SSSR count). The van der Waals surface area contributed by atoms with E-state index >= 15 is 0 Å². The van der Waals surface area contributed by atoms with Crippen LogP contribution in [0.1, 0.15) is 5.56 Å². The summed E-state index contributed by atoms with van der Waals surface area (Å²) < 4.78 is 0. The van der Waals surface area contributed by atoms with E-state index in [0.717, 1.165) is 55.0 Å². The van der Waals surface area contributed by atoms with Gasteiger partial charge >= 0.3 is 0 Å². The number of para-hydroxylation sites is 1. The largest absolute Gasteiger partial charge is 0.396 e. The maximum absolute atomic E-state index is 6.26. The lowest BCUT2D eigenvalue weighted by atomic mass is 10.1. The van der Waals surface area contributed by atoms with E-state index in [1.165, 1.54) is 5.56 Å². The van der Waals surface area contributed by atoms with Gasteiger partial charge in [0.15, 0.2) is 0 Å². The van der Waals surface area contributed by atoms with Crippen molar-refractivity contribution in [1.82, 2.24) is 9.88 Å². The highest BCUT2D eigenvalue weighted by Crippen LogP contribution is 2.32. The Kier molecular flexibility index (Phi) is 4.05. The summed E-state index contributed by atoms with van der Waals surface area (Å²) in [4.78, 5) is 9.35.